The van der Waals surface area contributed by atoms with E-state index in [1.807, 2.05) is 0 Å². The van der Waals surface area contributed by atoms with Gasteiger partial charge in [0.15, 0.2) is 0 Å². The van der Waals surface area contributed by atoms with E-state index in [1.54, 1.807) is 0 Å². The van der Waals surface area contributed by atoms with Crippen LogP contribution in [0, 0.1) is 0 Å². The van der Waals surface area contributed by atoms with Crippen LogP contribution in [-0.2, 0) is 0 Å². The zero-order valence-corrected chi connectivity index (χ0v) is 8.33. The third kappa shape index (κ3) is 3.01. The maximum atomic E-state index is 12.1. The van der Waals surface area contributed by atoms with Crippen molar-refractivity contribution in [3.63, 3.8) is 0 Å². The number of nitrogens with two attached hydrogens (primary N) is 1. The van der Waals surface area contributed by atoms with E-state index in [-0.39, 0.29) is 23.1 Å². The van der Waals surface area contributed by atoms with Crippen molar-refractivity contribution < 1.29 is 13.2 Å². The molecule has 0 amide bonds. The molecule has 0 bridgehead atoms. The minimum absolute atomic E-state index is 0. The Bertz CT molecular complexity index is 303. The Hall–Kier alpha value is -0.520. The Morgan fingerprint density at radius 1 is 1.43 bits per heavy atom. The first-order valence-corrected chi connectivity index (χ1v) is 3.73. The summed E-state index contributed by atoms with van der Waals surface area (Å²) in [5.74, 6) is 0. The highest BCUT2D eigenvalue weighted by molar-refractivity contribution is 6.31. The second kappa shape index (κ2) is 4.82. The van der Waals surface area contributed by atoms with Gasteiger partial charge < -0.3 is 5.73 Å². The summed E-state index contributed by atoms with van der Waals surface area (Å²) in [6, 6.07) is 0.630. The van der Waals surface area contributed by atoms with E-state index in [4.69, 9.17) is 17.3 Å². The van der Waals surface area contributed by atoms with Gasteiger partial charge >= 0.3 is 6.18 Å². The van der Waals surface area contributed by atoms with Crippen LogP contribution in [0.15, 0.2) is 18.3 Å². The van der Waals surface area contributed by atoms with Crippen LogP contribution in [0.5, 0.6) is 0 Å². The summed E-state index contributed by atoms with van der Waals surface area (Å²) in [5.41, 5.74) is 4.55. The maximum Gasteiger partial charge on any atom is 0.409 e. The molecule has 0 aliphatic rings. The average molecular weight is 247 g/mol. The van der Waals surface area contributed by atoms with Gasteiger partial charge in [-0.2, -0.15) is 13.2 Å². The van der Waals surface area contributed by atoms with Gasteiger partial charge in [0.25, 0.3) is 0 Å². The number of pyridine rings is 1. The average Bonchev–Trinajstić information content (AvgIpc) is 2.02. The standard InChI is InChI=1S/C7H6ClF3N2.ClH/c8-4-2-1-3-13-5(4)6(12)7(9,10)11;/h1-3,6H,12H2;1H. The van der Waals surface area contributed by atoms with E-state index < -0.39 is 12.2 Å². The molecule has 0 saturated carbocycles. The highest BCUT2D eigenvalue weighted by Gasteiger charge is 2.39. The van der Waals surface area contributed by atoms with E-state index in [0.29, 0.717) is 0 Å². The van der Waals surface area contributed by atoms with Crippen molar-refractivity contribution >= 4 is 24.0 Å². The van der Waals surface area contributed by atoms with Crippen LogP contribution in [0.25, 0.3) is 0 Å². The molecule has 0 radical (unpaired) electrons. The molecule has 2 nitrogen and oxygen atoms in total. The fourth-order valence-corrected chi connectivity index (χ4v) is 1.02. The zero-order chi connectivity index (χ0) is 10.1. The first-order chi connectivity index (χ1) is 5.93. The summed E-state index contributed by atoms with van der Waals surface area (Å²) in [6.07, 6.45) is -3.30. The Morgan fingerprint density at radius 2 is 2.00 bits per heavy atom. The van der Waals surface area contributed by atoms with Crippen molar-refractivity contribution in [3.8, 4) is 0 Å². The van der Waals surface area contributed by atoms with Gasteiger partial charge in [-0.1, -0.05) is 11.6 Å². The molecule has 0 spiro atoms. The van der Waals surface area contributed by atoms with Gasteiger partial charge in [-0.15, -0.1) is 12.4 Å². The van der Waals surface area contributed by atoms with Gasteiger partial charge in [-0.25, -0.2) is 0 Å². The second-order valence-corrected chi connectivity index (χ2v) is 2.80. The molecule has 0 aromatic carbocycles. The summed E-state index contributed by atoms with van der Waals surface area (Å²) in [6.45, 7) is 0. The highest BCUT2D eigenvalue weighted by Crippen LogP contribution is 2.32. The summed E-state index contributed by atoms with van der Waals surface area (Å²) >= 11 is 5.48. The monoisotopic (exact) mass is 246 g/mol. The molecule has 1 aromatic heterocycles. The highest BCUT2D eigenvalue weighted by atomic mass is 35.5. The smallest absolute Gasteiger partial charge is 0.315 e. The largest absolute Gasteiger partial charge is 0.409 e. The molecular weight excluding hydrogens is 240 g/mol. The Morgan fingerprint density at radius 3 is 2.43 bits per heavy atom. The molecule has 2 N–H and O–H groups in total. The van der Waals surface area contributed by atoms with Crippen LogP contribution in [0.4, 0.5) is 13.2 Å². The minimum Gasteiger partial charge on any atom is -0.315 e. The molecule has 7 heteroatoms. The molecule has 0 fully saturated rings. The van der Waals surface area contributed by atoms with Gasteiger partial charge in [0.1, 0.15) is 6.04 Å². The predicted octanol–water partition coefficient (Wildman–Crippen LogP) is 2.72. The van der Waals surface area contributed by atoms with Gasteiger partial charge in [0.05, 0.1) is 10.7 Å². The molecule has 1 unspecified atom stereocenters. The van der Waals surface area contributed by atoms with Gasteiger partial charge in [0, 0.05) is 6.20 Å². The topological polar surface area (TPSA) is 38.9 Å². The molecule has 1 heterocycles. The van der Waals surface area contributed by atoms with Crippen molar-refractivity contribution in [1.29, 1.82) is 0 Å². The third-order valence-corrected chi connectivity index (χ3v) is 1.75. The summed E-state index contributed by atoms with van der Waals surface area (Å²) in [7, 11) is 0. The lowest BCUT2D eigenvalue weighted by atomic mass is 10.2. The minimum atomic E-state index is -4.52. The van der Waals surface area contributed by atoms with Crippen molar-refractivity contribution in [2.24, 2.45) is 5.73 Å². The Balaban J connectivity index is 0.00000169. The lowest BCUT2D eigenvalue weighted by Crippen LogP contribution is -2.29. The predicted molar refractivity (Wildman–Crippen MR) is 49.5 cm³/mol. The summed E-state index contributed by atoms with van der Waals surface area (Å²) < 4.78 is 36.3. The summed E-state index contributed by atoms with van der Waals surface area (Å²) in [4.78, 5) is 3.47. The van der Waals surface area contributed by atoms with Crippen LogP contribution in [0.2, 0.25) is 5.02 Å². The normalized spacial score (nSPS) is 13.2. The van der Waals surface area contributed by atoms with Gasteiger partial charge in [-0.05, 0) is 12.1 Å². The van der Waals surface area contributed by atoms with Crippen LogP contribution in [0.1, 0.15) is 11.7 Å². The van der Waals surface area contributed by atoms with Crippen LogP contribution < -0.4 is 5.73 Å². The molecule has 0 saturated heterocycles. The molecule has 80 valence electrons. The lowest BCUT2D eigenvalue weighted by Gasteiger charge is -2.15. The number of aromatic nitrogens is 1. The first-order valence-electron chi connectivity index (χ1n) is 3.35. The molecule has 14 heavy (non-hydrogen) atoms. The molecule has 0 aliphatic carbocycles. The third-order valence-electron chi connectivity index (χ3n) is 1.43. The first kappa shape index (κ1) is 13.5. The fraction of sp³-hybridized carbons (Fsp3) is 0.286. The molecular formula is C7H7Cl2F3N2. The molecule has 1 aromatic rings. The van der Waals surface area contributed by atoms with E-state index in [0.717, 1.165) is 0 Å². The zero-order valence-electron chi connectivity index (χ0n) is 6.75. The van der Waals surface area contributed by atoms with Crippen molar-refractivity contribution in [1.82, 2.24) is 4.98 Å². The van der Waals surface area contributed by atoms with Crippen molar-refractivity contribution in [2.45, 2.75) is 12.2 Å². The number of rotatable bonds is 1. The lowest BCUT2D eigenvalue weighted by molar-refractivity contribution is -0.149. The van der Waals surface area contributed by atoms with Crippen LogP contribution in [-0.4, -0.2) is 11.2 Å². The number of alkyl halides is 3. The van der Waals surface area contributed by atoms with Crippen LogP contribution >= 0.6 is 24.0 Å². The van der Waals surface area contributed by atoms with Crippen molar-refractivity contribution in [3.05, 3.63) is 29.0 Å². The van der Waals surface area contributed by atoms with E-state index in [1.165, 1.54) is 18.3 Å². The SMILES string of the molecule is Cl.NC(c1ncccc1Cl)C(F)(F)F. The van der Waals surface area contributed by atoms with E-state index in [9.17, 15) is 13.2 Å². The molecule has 1 rings (SSSR count). The van der Waals surface area contributed by atoms with Gasteiger partial charge in [-0.3, -0.25) is 4.98 Å². The van der Waals surface area contributed by atoms with E-state index >= 15 is 0 Å². The van der Waals surface area contributed by atoms with Gasteiger partial charge in [0.2, 0.25) is 0 Å². The number of nitrogens with zero attached hydrogens (tertiary/aromatic N) is 1. The number of hydrogen-bond donors (Lipinski definition) is 1. The fourth-order valence-electron chi connectivity index (χ4n) is 0.782. The Labute approximate surface area is 89.7 Å². The second-order valence-electron chi connectivity index (χ2n) is 2.39. The molecule has 1 atom stereocenters. The quantitative estimate of drug-likeness (QED) is 0.828. The van der Waals surface area contributed by atoms with Crippen LogP contribution in [0.3, 0.4) is 0 Å². The van der Waals surface area contributed by atoms with Crippen molar-refractivity contribution in [2.75, 3.05) is 0 Å². The molecule has 0 aliphatic heterocycles. The number of hydrogen-bond acceptors (Lipinski definition) is 2. The maximum absolute atomic E-state index is 12.1. The Kier molecular flexibility index (Phi) is 4.64. The number of halogens is 5. The van der Waals surface area contributed by atoms with E-state index in [2.05, 4.69) is 4.98 Å². The summed E-state index contributed by atoms with van der Waals surface area (Å²) in [5, 5.41) is -0.0766.